The van der Waals surface area contributed by atoms with Crippen LogP contribution >= 0.6 is 0 Å². The van der Waals surface area contributed by atoms with E-state index < -0.39 is 8.80 Å². The van der Waals surface area contributed by atoms with E-state index in [2.05, 4.69) is 36.0 Å². The molecular weight excluding hydrogens is 318 g/mol. The second-order valence-electron chi connectivity index (χ2n) is 5.99. The SMILES string of the molecule is CCCCCC[n+]1ccc(CC[Si](OCC)(OCC)OCC)cc1. The van der Waals surface area contributed by atoms with E-state index in [9.17, 15) is 0 Å². The van der Waals surface area contributed by atoms with E-state index in [0.717, 1.165) is 19.0 Å². The number of aromatic nitrogens is 1. The topological polar surface area (TPSA) is 31.6 Å². The van der Waals surface area contributed by atoms with Crippen LogP contribution in [0.4, 0.5) is 0 Å². The average Bonchev–Trinajstić information content (AvgIpc) is 2.59. The maximum absolute atomic E-state index is 5.92. The maximum Gasteiger partial charge on any atom is 0.501 e. The molecule has 0 amide bonds. The van der Waals surface area contributed by atoms with Crippen LogP contribution in [0.1, 0.15) is 58.9 Å². The lowest BCUT2D eigenvalue weighted by molar-refractivity contribution is -0.697. The molecule has 0 aliphatic carbocycles. The highest BCUT2D eigenvalue weighted by Gasteiger charge is 2.39. The van der Waals surface area contributed by atoms with Gasteiger partial charge in [-0.05, 0) is 39.2 Å². The van der Waals surface area contributed by atoms with Gasteiger partial charge in [0, 0.05) is 44.4 Å². The van der Waals surface area contributed by atoms with E-state index in [1.165, 1.54) is 31.2 Å². The van der Waals surface area contributed by atoms with Crippen LogP contribution in [0.2, 0.25) is 6.04 Å². The standard InChI is InChI=1S/C19H36NO3Si/c1-5-9-10-11-15-20-16-12-19(13-17-20)14-18-24(21-6-2,22-7-3)23-8-4/h12-13,16-17H,5-11,14-15,18H2,1-4H3/q+1. The maximum atomic E-state index is 5.92. The van der Waals surface area contributed by atoms with Crippen molar-refractivity contribution in [3.05, 3.63) is 30.1 Å². The predicted octanol–water partition coefficient (Wildman–Crippen LogP) is 4.15. The summed E-state index contributed by atoms with van der Waals surface area (Å²) in [6, 6.07) is 5.26. The van der Waals surface area contributed by atoms with Crippen LogP contribution < -0.4 is 4.57 Å². The Morgan fingerprint density at radius 2 is 1.42 bits per heavy atom. The van der Waals surface area contributed by atoms with E-state index in [1.54, 1.807) is 0 Å². The van der Waals surface area contributed by atoms with Gasteiger partial charge in [-0.15, -0.1) is 0 Å². The molecule has 0 spiro atoms. The zero-order valence-electron chi connectivity index (χ0n) is 16.1. The monoisotopic (exact) mass is 354 g/mol. The Balaban J connectivity index is 2.54. The molecule has 0 bridgehead atoms. The van der Waals surface area contributed by atoms with Gasteiger partial charge < -0.3 is 13.3 Å². The van der Waals surface area contributed by atoms with Crippen molar-refractivity contribution in [3.63, 3.8) is 0 Å². The average molecular weight is 355 g/mol. The fourth-order valence-corrected chi connectivity index (χ4v) is 5.42. The molecule has 0 aliphatic rings. The lowest BCUT2D eigenvalue weighted by Gasteiger charge is -2.28. The van der Waals surface area contributed by atoms with E-state index in [4.69, 9.17) is 13.3 Å². The lowest BCUT2D eigenvalue weighted by Crippen LogP contribution is -2.46. The minimum atomic E-state index is -2.53. The summed E-state index contributed by atoms with van der Waals surface area (Å²) < 4.78 is 20.0. The molecule has 0 saturated carbocycles. The molecule has 24 heavy (non-hydrogen) atoms. The first kappa shape index (κ1) is 21.3. The summed E-state index contributed by atoms with van der Waals surface area (Å²) in [5.74, 6) is 0. The van der Waals surface area contributed by atoms with Gasteiger partial charge >= 0.3 is 8.80 Å². The third-order valence-corrected chi connectivity index (χ3v) is 7.09. The van der Waals surface area contributed by atoms with Crippen LogP contribution in [0.5, 0.6) is 0 Å². The van der Waals surface area contributed by atoms with Gasteiger partial charge in [-0.1, -0.05) is 19.8 Å². The van der Waals surface area contributed by atoms with Crippen molar-refractivity contribution in [1.82, 2.24) is 0 Å². The van der Waals surface area contributed by atoms with Crippen LogP contribution in [-0.2, 0) is 26.2 Å². The van der Waals surface area contributed by atoms with Gasteiger partial charge in [0.2, 0.25) is 0 Å². The zero-order valence-corrected chi connectivity index (χ0v) is 17.1. The Morgan fingerprint density at radius 3 is 1.92 bits per heavy atom. The van der Waals surface area contributed by atoms with E-state index >= 15 is 0 Å². The summed E-state index contributed by atoms with van der Waals surface area (Å²) in [6.07, 6.45) is 10.5. The number of aryl methyl sites for hydroxylation is 2. The molecule has 0 radical (unpaired) electrons. The second kappa shape index (κ2) is 12.6. The van der Waals surface area contributed by atoms with E-state index in [1.807, 2.05) is 20.8 Å². The fraction of sp³-hybridized carbons (Fsp3) is 0.737. The van der Waals surface area contributed by atoms with Gasteiger partial charge in [-0.3, -0.25) is 0 Å². The molecule has 1 rings (SSSR count). The van der Waals surface area contributed by atoms with Crippen LogP contribution in [0, 0.1) is 0 Å². The van der Waals surface area contributed by atoms with Crippen LogP contribution in [0.25, 0.3) is 0 Å². The lowest BCUT2D eigenvalue weighted by atomic mass is 10.2. The van der Waals surface area contributed by atoms with Crippen molar-refractivity contribution in [2.24, 2.45) is 0 Å². The minimum Gasteiger partial charge on any atom is -0.374 e. The largest absolute Gasteiger partial charge is 0.501 e. The molecular formula is C19H36NO3Si+. The van der Waals surface area contributed by atoms with Crippen LogP contribution in [0.3, 0.4) is 0 Å². The predicted molar refractivity (Wildman–Crippen MR) is 99.9 cm³/mol. The van der Waals surface area contributed by atoms with Gasteiger partial charge in [0.05, 0.1) is 0 Å². The summed E-state index contributed by atoms with van der Waals surface area (Å²) >= 11 is 0. The third-order valence-electron chi connectivity index (χ3n) is 4.04. The van der Waals surface area contributed by atoms with Gasteiger partial charge in [0.25, 0.3) is 0 Å². The van der Waals surface area contributed by atoms with Crippen molar-refractivity contribution in [1.29, 1.82) is 0 Å². The molecule has 1 heterocycles. The summed E-state index contributed by atoms with van der Waals surface area (Å²) in [5, 5.41) is 0. The molecule has 0 atom stereocenters. The molecule has 0 unspecified atom stereocenters. The number of nitrogens with zero attached hydrogens (tertiary/aromatic N) is 1. The van der Waals surface area contributed by atoms with E-state index in [0.29, 0.717) is 19.8 Å². The highest BCUT2D eigenvalue weighted by Crippen LogP contribution is 2.19. The van der Waals surface area contributed by atoms with Gasteiger partial charge in [-0.2, -0.15) is 0 Å². The van der Waals surface area contributed by atoms with Gasteiger partial charge in [0.1, 0.15) is 6.54 Å². The Hall–Kier alpha value is -0.753. The summed E-state index contributed by atoms with van der Waals surface area (Å²) in [7, 11) is -2.53. The Kier molecular flexibility index (Phi) is 11.2. The van der Waals surface area contributed by atoms with E-state index in [-0.39, 0.29) is 0 Å². The Morgan fingerprint density at radius 1 is 0.833 bits per heavy atom. The summed E-state index contributed by atoms with van der Waals surface area (Å²) in [4.78, 5) is 0. The molecule has 0 N–H and O–H groups in total. The van der Waals surface area contributed by atoms with Gasteiger partial charge in [0.15, 0.2) is 12.4 Å². The zero-order chi connectivity index (χ0) is 17.7. The van der Waals surface area contributed by atoms with Crippen LogP contribution in [-0.4, -0.2) is 28.6 Å². The molecule has 1 aromatic heterocycles. The first-order valence-corrected chi connectivity index (χ1v) is 11.5. The van der Waals surface area contributed by atoms with Crippen molar-refractivity contribution in [2.75, 3.05) is 19.8 Å². The van der Waals surface area contributed by atoms with Crippen molar-refractivity contribution in [2.45, 2.75) is 72.4 Å². The second-order valence-corrected chi connectivity index (χ2v) is 8.72. The molecule has 0 fully saturated rings. The molecule has 1 aromatic rings. The Labute approximate surface area is 149 Å². The fourth-order valence-electron chi connectivity index (χ4n) is 2.82. The number of hydrogen-bond acceptors (Lipinski definition) is 3. The van der Waals surface area contributed by atoms with Crippen molar-refractivity contribution in [3.8, 4) is 0 Å². The quantitative estimate of drug-likeness (QED) is 0.286. The normalized spacial score (nSPS) is 11.8. The highest BCUT2D eigenvalue weighted by molar-refractivity contribution is 6.60. The molecule has 0 aromatic carbocycles. The smallest absolute Gasteiger partial charge is 0.374 e. The van der Waals surface area contributed by atoms with Crippen molar-refractivity contribution >= 4 is 8.80 Å². The molecule has 0 saturated heterocycles. The summed E-state index contributed by atoms with van der Waals surface area (Å²) in [5.41, 5.74) is 1.32. The molecule has 138 valence electrons. The van der Waals surface area contributed by atoms with Crippen molar-refractivity contribution < 1.29 is 17.8 Å². The first-order valence-electron chi connectivity index (χ1n) is 9.59. The number of hydrogen-bond donors (Lipinski definition) is 0. The van der Waals surface area contributed by atoms with Crippen LogP contribution in [0.15, 0.2) is 24.5 Å². The Bertz CT molecular complexity index is 408. The summed E-state index contributed by atoms with van der Waals surface area (Å²) in [6.45, 7) is 11.3. The third kappa shape index (κ3) is 7.88. The number of pyridine rings is 1. The number of unbranched alkanes of at least 4 members (excludes halogenated alkanes) is 3. The van der Waals surface area contributed by atoms with Gasteiger partial charge in [-0.25, -0.2) is 4.57 Å². The minimum absolute atomic E-state index is 0.638. The first-order chi connectivity index (χ1) is 11.7. The molecule has 0 aliphatic heterocycles. The highest BCUT2D eigenvalue weighted by atomic mass is 28.4. The molecule has 4 nitrogen and oxygen atoms in total. The number of rotatable bonds is 14. The molecule has 5 heteroatoms.